The summed E-state index contributed by atoms with van der Waals surface area (Å²) in [6.07, 6.45) is 3.46. The number of ether oxygens (including phenoxy) is 2. The van der Waals surface area contributed by atoms with Crippen molar-refractivity contribution >= 4 is 17.5 Å². The van der Waals surface area contributed by atoms with E-state index in [1.807, 2.05) is 27.8 Å². The van der Waals surface area contributed by atoms with Gasteiger partial charge in [0.1, 0.15) is 12.2 Å². The first-order valence-corrected chi connectivity index (χ1v) is 8.50. The van der Waals surface area contributed by atoms with Crippen LogP contribution in [0.1, 0.15) is 20.8 Å². The monoisotopic (exact) mass is 350 g/mol. The molecule has 0 saturated carbocycles. The van der Waals surface area contributed by atoms with Crippen molar-refractivity contribution in [1.29, 1.82) is 0 Å². The molecular formula is C17H26N4O4. The summed E-state index contributed by atoms with van der Waals surface area (Å²) in [5.41, 5.74) is -0.464. The second-order valence-corrected chi connectivity index (χ2v) is 7.85. The fourth-order valence-electron chi connectivity index (χ4n) is 3.23. The highest BCUT2D eigenvalue weighted by atomic mass is 16.6. The molecule has 25 heavy (non-hydrogen) atoms. The fourth-order valence-corrected chi connectivity index (χ4v) is 3.23. The maximum absolute atomic E-state index is 12.7. The van der Waals surface area contributed by atoms with Crippen molar-refractivity contribution in [2.45, 2.75) is 26.4 Å². The van der Waals surface area contributed by atoms with Gasteiger partial charge in [0.2, 0.25) is 5.91 Å². The van der Waals surface area contributed by atoms with Crippen LogP contribution in [0.5, 0.6) is 0 Å². The molecule has 3 rings (SSSR count). The number of carbonyl (C=O) groups is 2. The van der Waals surface area contributed by atoms with Gasteiger partial charge in [-0.25, -0.2) is 0 Å². The third-order valence-corrected chi connectivity index (χ3v) is 4.53. The van der Waals surface area contributed by atoms with Crippen LogP contribution in [0.25, 0.3) is 0 Å². The molecule has 1 spiro atoms. The molecule has 8 nitrogen and oxygen atoms in total. The second kappa shape index (κ2) is 6.42. The van der Waals surface area contributed by atoms with Crippen molar-refractivity contribution in [1.82, 2.24) is 14.7 Å². The number of hydrogen-bond acceptors (Lipinski definition) is 5. The summed E-state index contributed by atoms with van der Waals surface area (Å²) in [4.78, 5) is 28.5. The van der Waals surface area contributed by atoms with Crippen LogP contribution in [0.4, 0.5) is 5.69 Å². The quantitative estimate of drug-likeness (QED) is 0.734. The van der Waals surface area contributed by atoms with Crippen molar-refractivity contribution in [3.63, 3.8) is 0 Å². The van der Waals surface area contributed by atoms with Crippen LogP contribution in [0.15, 0.2) is 12.4 Å². The molecule has 2 aliphatic rings. The molecule has 0 unspecified atom stereocenters. The Kier molecular flexibility index (Phi) is 4.59. The summed E-state index contributed by atoms with van der Waals surface area (Å²) in [6, 6.07) is 0. The highest BCUT2D eigenvalue weighted by Gasteiger charge is 2.45. The zero-order valence-electron chi connectivity index (χ0n) is 15.3. The molecule has 0 radical (unpaired) electrons. The lowest BCUT2D eigenvalue weighted by molar-refractivity contribution is -0.152. The number of rotatable bonds is 1. The van der Waals surface area contributed by atoms with Crippen molar-refractivity contribution in [2.24, 2.45) is 12.5 Å². The van der Waals surface area contributed by atoms with Crippen LogP contribution in [0.2, 0.25) is 0 Å². The molecule has 2 fully saturated rings. The Morgan fingerprint density at radius 1 is 1.32 bits per heavy atom. The smallest absolute Gasteiger partial charge is 0.253 e. The minimum absolute atomic E-state index is 0.0319. The molecule has 1 aromatic heterocycles. The Hall–Kier alpha value is -1.93. The molecule has 8 heteroatoms. The Morgan fingerprint density at radius 3 is 2.72 bits per heavy atom. The van der Waals surface area contributed by atoms with E-state index in [2.05, 4.69) is 5.10 Å². The Morgan fingerprint density at radius 2 is 2.08 bits per heavy atom. The topological polar surface area (TPSA) is 76.9 Å². The van der Waals surface area contributed by atoms with Crippen LogP contribution in [0.3, 0.4) is 0 Å². The van der Waals surface area contributed by atoms with E-state index >= 15 is 0 Å². The lowest BCUT2D eigenvalue weighted by Gasteiger charge is -2.43. The van der Waals surface area contributed by atoms with E-state index in [0.717, 1.165) is 5.69 Å². The SMILES string of the molecule is Cn1cc(N2C[C@]3(COCCN(C(=O)C(C)(C)C)C3)OCC2=O)cn1. The Balaban J connectivity index is 1.83. The molecule has 2 saturated heterocycles. The summed E-state index contributed by atoms with van der Waals surface area (Å²) in [5.74, 6) is -0.0534. The zero-order valence-corrected chi connectivity index (χ0v) is 15.3. The normalized spacial score (nSPS) is 25.4. The average molecular weight is 350 g/mol. The maximum Gasteiger partial charge on any atom is 0.253 e. The van der Waals surface area contributed by atoms with Crippen LogP contribution in [-0.4, -0.2) is 71.6 Å². The number of morpholine rings is 1. The van der Waals surface area contributed by atoms with E-state index in [-0.39, 0.29) is 18.4 Å². The van der Waals surface area contributed by atoms with Gasteiger partial charge in [-0.05, 0) is 0 Å². The average Bonchev–Trinajstić information content (AvgIpc) is 2.87. The van der Waals surface area contributed by atoms with Crippen LogP contribution in [0, 0.1) is 5.41 Å². The molecule has 2 aliphatic heterocycles. The summed E-state index contributed by atoms with van der Waals surface area (Å²) in [6.45, 7) is 7.78. The number of nitrogens with zero attached hydrogens (tertiary/aromatic N) is 4. The molecule has 2 amide bonds. The van der Waals surface area contributed by atoms with Gasteiger partial charge < -0.3 is 19.3 Å². The standard InChI is InChI=1S/C17H26N4O4/c1-16(2,3)15(23)20-5-6-24-12-17(10-20)11-21(14(22)9-25-17)13-7-18-19(4)8-13/h7-8H,5-6,9-12H2,1-4H3/t17-/m1/s1. The molecule has 0 bridgehead atoms. The molecule has 0 N–H and O–H groups in total. The van der Waals surface area contributed by atoms with Crippen LogP contribution >= 0.6 is 0 Å². The van der Waals surface area contributed by atoms with E-state index in [1.54, 1.807) is 26.9 Å². The summed E-state index contributed by atoms with van der Waals surface area (Å²) >= 11 is 0. The lowest BCUT2D eigenvalue weighted by atomic mass is 9.93. The highest BCUT2D eigenvalue weighted by Crippen LogP contribution is 2.28. The van der Waals surface area contributed by atoms with Crippen molar-refractivity contribution in [3.05, 3.63) is 12.4 Å². The van der Waals surface area contributed by atoms with Crippen molar-refractivity contribution in [2.75, 3.05) is 44.4 Å². The van der Waals surface area contributed by atoms with Gasteiger partial charge in [-0.15, -0.1) is 0 Å². The Labute approximate surface area is 147 Å². The number of hydrogen-bond donors (Lipinski definition) is 0. The first-order valence-electron chi connectivity index (χ1n) is 8.50. The van der Waals surface area contributed by atoms with Crippen LogP contribution in [-0.2, 0) is 26.1 Å². The highest BCUT2D eigenvalue weighted by molar-refractivity contribution is 5.95. The summed E-state index contributed by atoms with van der Waals surface area (Å²) in [5, 5.41) is 4.14. The summed E-state index contributed by atoms with van der Waals surface area (Å²) in [7, 11) is 1.81. The molecular weight excluding hydrogens is 324 g/mol. The van der Waals surface area contributed by atoms with Gasteiger partial charge in [0, 0.05) is 25.2 Å². The zero-order chi connectivity index (χ0) is 18.2. The number of carbonyl (C=O) groups excluding carboxylic acids is 2. The van der Waals surface area contributed by atoms with E-state index in [4.69, 9.17) is 9.47 Å². The van der Waals surface area contributed by atoms with Crippen molar-refractivity contribution < 1.29 is 19.1 Å². The third kappa shape index (κ3) is 3.69. The molecule has 0 aliphatic carbocycles. The summed E-state index contributed by atoms with van der Waals surface area (Å²) < 4.78 is 13.3. The fraction of sp³-hybridized carbons (Fsp3) is 0.706. The van der Waals surface area contributed by atoms with Gasteiger partial charge in [0.25, 0.3) is 5.91 Å². The lowest BCUT2D eigenvalue weighted by Crippen LogP contribution is -2.61. The van der Waals surface area contributed by atoms with Gasteiger partial charge in [-0.3, -0.25) is 14.3 Å². The predicted octanol–water partition coefficient (Wildman–Crippen LogP) is 0.427. The van der Waals surface area contributed by atoms with E-state index < -0.39 is 11.0 Å². The maximum atomic E-state index is 12.7. The minimum Gasteiger partial charge on any atom is -0.376 e. The molecule has 3 heterocycles. The first kappa shape index (κ1) is 17.9. The van der Waals surface area contributed by atoms with Gasteiger partial charge in [-0.1, -0.05) is 20.8 Å². The van der Waals surface area contributed by atoms with Gasteiger partial charge in [0.05, 0.1) is 38.2 Å². The molecule has 1 aromatic rings. The third-order valence-electron chi connectivity index (χ3n) is 4.53. The van der Waals surface area contributed by atoms with Gasteiger partial charge in [0.15, 0.2) is 0 Å². The van der Waals surface area contributed by atoms with E-state index in [1.165, 1.54) is 0 Å². The van der Waals surface area contributed by atoms with E-state index in [9.17, 15) is 9.59 Å². The number of anilines is 1. The largest absolute Gasteiger partial charge is 0.376 e. The minimum atomic E-state index is -0.721. The number of aromatic nitrogens is 2. The number of amides is 2. The molecule has 1 atom stereocenters. The van der Waals surface area contributed by atoms with Crippen LogP contribution < -0.4 is 4.90 Å². The Bertz CT molecular complexity index is 666. The van der Waals surface area contributed by atoms with Gasteiger partial charge >= 0.3 is 0 Å². The molecule has 138 valence electrons. The van der Waals surface area contributed by atoms with Gasteiger partial charge in [-0.2, -0.15) is 5.10 Å². The first-order chi connectivity index (χ1) is 11.7. The van der Waals surface area contributed by atoms with Crippen molar-refractivity contribution in [3.8, 4) is 0 Å². The second-order valence-electron chi connectivity index (χ2n) is 7.85. The number of aryl methyl sites for hydroxylation is 1. The molecule has 0 aromatic carbocycles. The van der Waals surface area contributed by atoms with E-state index in [0.29, 0.717) is 32.8 Å². The predicted molar refractivity (Wildman–Crippen MR) is 91.1 cm³/mol.